The molecule has 1 atom stereocenters. The first-order valence-electron chi connectivity index (χ1n) is 12.0. The minimum absolute atomic E-state index is 0.0762. The molecule has 0 bridgehead atoms. The van der Waals surface area contributed by atoms with Gasteiger partial charge in [0.2, 0.25) is 15.9 Å². The molecule has 0 spiro atoms. The zero-order valence-electron chi connectivity index (χ0n) is 19.8. The van der Waals surface area contributed by atoms with Gasteiger partial charge in [-0.05, 0) is 75.4 Å². The number of piperazine rings is 1. The van der Waals surface area contributed by atoms with Crippen molar-refractivity contribution >= 4 is 27.3 Å². The molecule has 2 heterocycles. The number of nitrogens with zero attached hydrogens (tertiary/aromatic N) is 3. The molecule has 2 aliphatic heterocycles. The summed E-state index contributed by atoms with van der Waals surface area (Å²) in [6.45, 7) is 8.53. The van der Waals surface area contributed by atoms with Gasteiger partial charge in [0.15, 0.2) is 0 Å². The van der Waals surface area contributed by atoms with Gasteiger partial charge in [-0.15, -0.1) is 0 Å². The molecule has 1 saturated carbocycles. The second kappa shape index (κ2) is 8.44. The average Bonchev–Trinajstić information content (AvgIpc) is 3.07. The number of hydrogen-bond acceptors (Lipinski definition) is 4. The van der Waals surface area contributed by atoms with Gasteiger partial charge in [-0.3, -0.25) is 4.79 Å². The van der Waals surface area contributed by atoms with E-state index in [0.717, 1.165) is 30.5 Å². The fraction of sp³-hybridized carbons (Fsp3) is 0.500. The fourth-order valence-corrected chi connectivity index (χ4v) is 6.91. The van der Waals surface area contributed by atoms with Crippen molar-refractivity contribution in [1.29, 1.82) is 0 Å². The highest BCUT2D eigenvalue weighted by Crippen LogP contribution is 2.38. The van der Waals surface area contributed by atoms with E-state index in [-0.39, 0.29) is 17.9 Å². The summed E-state index contributed by atoms with van der Waals surface area (Å²) < 4.78 is 28.5. The van der Waals surface area contributed by atoms with Crippen molar-refractivity contribution < 1.29 is 13.2 Å². The van der Waals surface area contributed by atoms with Crippen molar-refractivity contribution in [1.82, 2.24) is 4.31 Å². The Hall–Kier alpha value is -2.38. The van der Waals surface area contributed by atoms with Crippen LogP contribution in [0.3, 0.4) is 0 Å². The first-order valence-corrected chi connectivity index (χ1v) is 13.5. The zero-order valence-corrected chi connectivity index (χ0v) is 20.6. The Bertz CT molecular complexity index is 1180. The van der Waals surface area contributed by atoms with Gasteiger partial charge in [0, 0.05) is 49.5 Å². The molecule has 0 aromatic heterocycles. The van der Waals surface area contributed by atoms with E-state index in [4.69, 9.17) is 0 Å². The van der Waals surface area contributed by atoms with Crippen LogP contribution in [-0.2, 0) is 21.2 Å². The number of anilines is 2. The average molecular weight is 468 g/mol. The molecular weight excluding hydrogens is 434 g/mol. The third-order valence-electron chi connectivity index (χ3n) is 7.53. The molecule has 1 saturated heterocycles. The van der Waals surface area contributed by atoms with E-state index < -0.39 is 10.0 Å². The lowest BCUT2D eigenvalue weighted by Crippen LogP contribution is -2.48. The van der Waals surface area contributed by atoms with Gasteiger partial charge in [0.05, 0.1) is 4.90 Å². The number of hydrogen-bond donors (Lipinski definition) is 0. The Kier molecular flexibility index (Phi) is 5.73. The van der Waals surface area contributed by atoms with Crippen LogP contribution in [0.15, 0.2) is 41.3 Å². The van der Waals surface area contributed by atoms with E-state index >= 15 is 0 Å². The first kappa shape index (κ1) is 22.4. The topological polar surface area (TPSA) is 60.9 Å². The van der Waals surface area contributed by atoms with Crippen LogP contribution in [0, 0.1) is 19.8 Å². The van der Waals surface area contributed by atoms with E-state index in [1.54, 1.807) is 16.4 Å². The van der Waals surface area contributed by atoms with Crippen molar-refractivity contribution in [3.8, 4) is 0 Å². The quantitative estimate of drug-likeness (QED) is 0.685. The van der Waals surface area contributed by atoms with Crippen LogP contribution in [0.25, 0.3) is 0 Å². The van der Waals surface area contributed by atoms with Gasteiger partial charge in [-0.1, -0.05) is 24.1 Å². The molecule has 6 nitrogen and oxygen atoms in total. The van der Waals surface area contributed by atoms with Crippen LogP contribution in [0.1, 0.15) is 42.9 Å². The SMILES string of the molecule is Cc1ccc(N2CCN(S(=O)(=O)c3ccc4c(c3)C[C@@H](C)N4C(=O)C3CCC3)CC2)c(C)c1. The molecule has 0 unspecified atom stereocenters. The van der Waals surface area contributed by atoms with Gasteiger partial charge in [-0.2, -0.15) is 4.31 Å². The Morgan fingerprint density at radius 3 is 2.27 bits per heavy atom. The summed E-state index contributed by atoms with van der Waals surface area (Å²) in [7, 11) is -3.57. The number of benzene rings is 2. The maximum Gasteiger partial charge on any atom is 0.243 e. The molecule has 0 radical (unpaired) electrons. The molecule has 5 rings (SSSR count). The lowest BCUT2D eigenvalue weighted by Gasteiger charge is -2.36. The van der Waals surface area contributed by atoms with E-state index in [1.165, 1.54) is 16.8 Å². The predicted octanol–water partition coefficient (Wildman–Crippen LogP) is 3.89. The van der Waals surface area contributed by atoms with Crippen LogP contribution >= 0.6 is 0 Å². The van der Waals surface area contributed by atoms with E-state index in [0.29, 0.717) is 37.5 Å². The second-order valence-electron chi connectivity index (χ2n) is 9.86. The van der Waals surface area contributed by atoms with Gasteiger partial charge >= 0.3 is 0 Å². The molecular formula is C26H33N3O3S. The van der Waals surface area contributed by atoms with Crippen molar-refractivity contribution in [2.75, 3.05) is 36.0 Å². The van der Waals surface area contributed by atoms with E-state index in [2.05, 4.69) is 43.9 Å². The normalized spacial score (nSPS) is 21.7. The lowest BCUT2D eigenvalue weighted by molar-refractivity contribution is -0.125. The van der Waals surface area contributed by atoms with Crippen LogP contribution < -0.4 is 9.80 Å². The molecule has 1 amide bonds. The predicted molar refractivity (Wildman–Crippen MR) is 131 cm³/mol. The van der Waals surface area contributed by atoms with Crippen LogP contribution in [0.4, 0.5) is 11.4 Å². The number of aryl methyl sites for hydroxylation is 2. The third-order valence-corrected chi connectivity index (χ3v) is 9.42. The maximum absolute atomic E-state index is 13.4. The van der Waals surface area contributed by atoms with Crippen molar-refractivity contribution in [2.24, 2.45) is 5.92 Å². The summed E-state index contributed by atoms with van der Waals surface area (Å²) in [5.74, 6) is 0.334. The third kappa shape index (κ3) is 3.95. The number of carbonyl (C=O) groups is 1. The first-order chi connectivity index (χ1) is 15.8. The Labute approximate surface area is 197 Å². The second-order valence-corrected chi connectivity index (χ2v) is 11.8. The number of sulfonamides is 1. The van der Waals surface area contributed by atoms with Crippen LogP contribution in [0.2, 0.25) is 0 Å². The summed E-state index contributed by atoms with van der Waals surface area (Å²) >= 11 is 0. The van der Waals surface area contributed by atoms with Crippen molar-refractivity contribution in [2.45, 2.75) is 57.4 Å². The van der Waals surface area contributed by atoms with Crippen molar-refractivity contribution in [3.05, 3.63) is 53.1 Å². The number of fused-ring (bicyclic) bond motifs is 1. The standard InChI is InChI=1S/C26H33N3O3S/c1-18-7-9-24(19(2)15-18)27-11-13-28(14-12-27)33(31,32)23-8-10-25-22(17-23)16-20(3)29(25)26(30)21-5-4-6-21/h7-10,15,17,20-21H,4-6,11-14,16H2,1-3H3/t20-/m1/s1. The summed E-state index contributed by atoms with van der Waals surface area (Å²) in [5.41, 5.74) is 5.49. The highest BCUT2D eigenvalue weighted by molar-refractivity contribution is 7.89. The van der Waals surface area contributed by atoms with Gasteiger partial charge < -0.3 is 9.80 Å². The number of rotatable bonds is 4. The molecule has 1 aliphatic carbocycles. The molecule has 0 N–H and O–H groups in total. The summed E-state index contributed by atoms with van der Waals surface area (Å²) in [6, 6.07) is 11.8. The summed E-state index contributed by atoms with van der Waals surface area (Å²) in [6.07, 6.45) is 3.77. The van der Waals surface area contributed by atoms with Gasteiger partial charge in [-0.25, -0.2) is 8.42 Å². The minimum Gasteiger partial charge on any atom is -0.369 e. The van der Waals surface area contributed by atoms with Crippen LogP contribution in [-0.4, -0.2) is 50.9 Å². The Morgan fingerprint density at radius 2 is 1.64 bits per heavy atom. The smallest absolute Gasteiger partial charge is 0.243 e. The summed E-state index contributed by atoms with van der Waals surface area (Å²) in [5, 5.41) is 0. The molecule has 33 heavy (non-hydrogen) atoms. The minimum atomic E-state index is -3.57. The maximum atomic E-state index is 13.4. The largest absolute Gasteiger partial charge is 0.369 e. The highest BCUT2D eigenvalue weighted by Gasteiger charge is 2.38. The molecule has 7 heteroatoms. The number of carbonyl (C=O) groups excluding carboxylic acids is 1. The molecule has 3 aliphatic rings. The van der Waals surface area contributed by atoms with Gasteiger partial charge in [0.25, 0.3) is 0 Å². The van der Waals surface area contributed by atoms with E-state index in [9.17, 15) is 13.2 Å². The monoisotopic (exact) mass is 467 g/mol. The molecule has 2 aromatic rings. The molecule has 2 fully saturated rings. The molecule has 176 valence electrons. The van der Waals surface area contributed by atoms with Crippen LogP contribution in [0.5, 0.6) is 0 Å². The fourth-order valence-electron chi connectivity index (χ4n) is 5.43. The van der Waals surface area contributed by atoms with Gasteiger partial charge in [0.1, 0.15) is 0 Å². The highest BCUT2D eigenvalue weighted by atomic mass is 32.2. The zero-order chi connectivity index (χ0) is 23.3. The van der Waals surface area contributed by atoms with Crippen molar-refractivity contribution in [3.63, 3.8) is 0 Å². The summed E-state index contributed by atoms with van der Waals surface area (Å²) in [4.78, 5) is 17.4. The Morgan fingerprint density at radius 1 is 0.939 bits per heavy atom. The Balaban J connectivity index is 1.32. The number of amides is 1. The van der Waals surface area contributed by atoms with E-state index in [1.807, 2.05) is 11.0 Å². The lowest BCUT2D eigenvalue weighted by atomic mass is 9.84. The molecule has 2 aromatic carbocycles.